The highest BCUT2D eigenvalue weighted by molar-refractivity contribution is 9.10. The number of aliphatic hydroxyl groups is 1. The summed E-state index contributed by atoms with van der Waals surface area (Å²) in [5, 5.41) is 11.5. The Morgan fingerprint density at radius 3 is 2.60 bits per heavy atom. The van der Waals surface area contributed by atoms with Crippen molar-refractivity contribution >= 4 is 37.9 Å². The maximum atomic E-state index is 10.4. The van der Waals surface area contributed by atoms with Crippen LogP contribution in [0.5, 0.6) is 5.75 Å². The van der Waals surface area contributed by atoms with Crippen molar-refractivity contribution in [2.75, 3.05) is 0 Å². The van der Waals surface area contributed by atoms with Gasteiger partial charge in [-0.05, 0) is 49.4 Å². The van der Waals surface area contributed by atoms with Crippen molar-refractivity contribution in [3.8, 4) is 5.75 Å². The first-order chi connectivity index (χ1) is 12.1. The number of hydrogen-bond donors (Lipinski definition) is 1. The second-order valence-corrected chi connectivity index (χ2v) is 6.88. The normalized spacial score (nSPS) is 13.9. The summed E-state index contributed by atoms with van der Waals surface area (Å²) in [6.07, 6.45) is 0.512. The highest BCUT2D eigenvalue weighted by Crippen LogP contribution is 2.34. The number of pyridine rings is 1. The van der Waals surface area contributed by atoms with E-state index < -0.39 is 12.3 Å². The van der Waals surface area contributed by atoms with Crippen LogP contribution in [-0.2, 0) is 0 Å². The van der Waals surface area contributed by atoms with Crippen molar-refractivity contribution < 1.29 is 9.84 Å². The van der Waals surface area contributed by atoms with Gasteiger partial charge in [-0.15, -0.1) is 0 Å². The van der Waals surface area contributed by atoms with Gasteiger partial charge >= 0.3 is 0 Å². The molecule has 4 nitrogen and oxygen atoms in total. The minimum atomic E-state index is -0.706. The molecule has 0 aliphatic carbocycles. The first-order valence-corrected chi connectivity index (χ1v) is 8.88. The van der Waals surface area contributed by atoms with Gasteiger partial charge < -0.3 is 14.4 Å². The molecule has 0 saturated heterocycles. The first kappa shape index (κ1) is 16.1. The Kier molecular flexibility index (Phi) is 4.19. The Balaban J connectivity index is 1.95. The largest absolute Gasteiger partial charge is 0.467 e. The molecule has 2 aromatic heterocycles. The molecule has 0 radical (unpaired) electrons. The van der Waals surface area contributed by atoms with E-state index in [0.717, 1.165) is 26.4 Å². The molecule has 0 aliphatic rings. The summed E-state index contributed by atoms with van der Waals surface area (Å²) in [5.41, 5.74) is 2.79. The van der Waals surface area contributed by atoms with Crippen LogP contribution < -0.4 is 4.74 Å². The van der Waals surface area contributed by atoms with Gasteiger partial charge in [0.25, 0.3) is 0 Å². The van der Waals surface area contributed by atoms with E-state index in [9.17, 15) is 5.11 Å². The summed E-state index contributed by atoms with van der Waals surface area (Å²) >= 11 is 3.53. The van der Waals surface area contributed by atoms with Gasteiger partial charge in [0.2, 0.25) is 6.23 Å². The third-order valence-corrected chi connectivity index (χ3v) is 4.68. The number of fused-ring (bicyclic) bond motifs is 3. The zero-order valence-corrected chi connectivity index (χ0v) is 15.2. The molecular weight excluding hydrogens is 380 g/mol. The number of aliphatic hydroxyl groups excluding tert-OH is 1. The molecule has 0 spiro atoms. The number of rotatable bonds is 4. The molecular formula is C20H17BrN2O2. The van der Waals surface area contributed by atoms with Gasteiger partial charge in [-0.25, -0.2) is 0 Å². The minimum absolute atomic E-state index is 0.562. The third kappa shape index (κ3) is 2.90. The Bertz CT molecular complexity index is 1030. The average Bonchev–Trinajstić information content (AvgIpc) is 2.94. The lowest BCUT2D eigenvalue weighted by Crippen LogP contribution is -2.26. The summed E-state index contributed by atoms with van der Waals surface area (Å²) < 4.78 is 9.14. The van der Waals surface area contributed by atoms with E-state index in [0.29, 0.717) is 5.75 Å². The molecule has 0 saturated carbocycles. The summed E-state index contributed by atoms with van der Waals surface area (Å²) in [5.74, 6) is 0.712. The summed E-state index contributed by atoms with van der Waals surface area (Å²) in [6, 6.07) is 19.5. The maximum absolute atomic E-state index is 10.4. The molecule has 0 fully saturated rings. The number of aromatic nitrogens is 2. The number of para-hydroxylation sites is 1. The van der Waals surface area contributed by atoms with Crippen LogP contribution >= 0.6 is 15.9 Å². The van der Waals surface area contributed by atoms with Gasteiger partial charge in [-0.3, -0.25) is 4.98 Å². The molecule has 25 heavy (non-hydrogen) atoms. The monoisotopic (exact) mass is 396 g/mol. The lowest BCUT2D eigenvalue weighted by Gasteiger charge is -2.25. The fraction of sp³-hybridized carbons (Fsp3) is 0.150. The average molecular weight is 397 g/mol. The van der Waals surface area contributed by atoms with E-state index in [1.54, 1.807) is 13.1 Å². The predicted molar refractivity (Wildman–Crippen MR) is 103 cm³/mol. The zero-order chi connectivity index (χ0) is 17.4. The van der Waals surface area contributed by atoms with Crippen molar-refractivity contribution in [1.29, 1.82) is 0 Å². The molecule has 2 heterocycles. The SMILES string of the molecule is CC(O)C(Oc1ccccc1)n1c2ccc(Br)cc2c2ncccc21. The van der Waals surface area contributed by atoms with Gasteiger partial charge in [0.15, 0.2) is 0 Å². The molecule has 4 aromatic rings. The maximum Gasteiger partial charge on any atom is 0.202 e. The highest BCUT2D eigenvalue weighted by atomic mass is 79.9. The van der Waals surface area contributed by atoms with E-state index in [1.165, 1.54) is 0 Å². The second kappa shape index (κ2) is 6.50. The van der Waals surface area contributed by atoms with Crippen LogP contribution in [-0.4, -0.2) is 20.8 Å². The van der Waals surface area contributed by atoms with Gasteiger partial charge in [0.1, 0.15) is 11.9 Å². The van der Waals surface area contributed by atoms with Gasteiger partial charge in [0.05, 0.1) is 16.6 Å². The van der Waals surface area contributed by atoms with Crippen LogP contribution in [0.25, 0.3) is 21.9 Å². The Morgan fingerprint density at radius 2 is 1.84 bits per heavy atom. The van der Waals surface area contributed by atoms with Crippen molar-refractivity contribution in [2.24, 2.45) is 0 Å². The van der Waals surface area contributed by atoms with Crippen LogP contribution in [0.3, 0.4) is 0 Å². The van der Waals surface area contributed by atoms with Gasteiger partial charge in [-0.2, -0.15) is 0 Å². The molecule has 0 amide bonds. The highest BCUT2D eigenvalue weighted by Gasteiger charge is 2.24. The second-order valence-electron chi connectivity index (χ2n) is 5.96. The Hall–Kier alpha value is -2.37. The molecule has 0 bridgehead atoms. The van der Waals surface area contributed by atoms with Crippen LogP contribution in [0, 0.1) is 0 Å². The summed E-state index contributed by atoms with van der Waals surface area (Å²) in [7, 11) is 0. The van der Waals surface area contributed by atoms with Crippen LogP contribution in [0.1, 0.15) is 13.2 Å². The smallest absolute Gasteiger partial charge is 0.202 e. The molecule has 0 aliphatic heterocycles. The summed E-state index contributed by atoms with van der Waals surface area (Å²) in [6.45, 7) is 1.74. The number of benzene rings is 2. The lowest BCUT2D eigenvalue weighted by atomic mass is 10.2. The van der Waals surface area contributed by atoms with E-state index >= 15 is 0 Å². The van der Waals surface area contributed by atoms with Crippen LogP contribution in [0.2, 0.25) is 0 Å². The van der Waals surface area contributed by atoms with Crippen LogP contribution in [0.4, 0.5) is 0 Å². The van der Waals surface area contributed by atoms with E-state index in [1.807, 2.05) is 65.2 Å². The minimum Gasteiger partial charge on any atom is -0.467 e. The number of hydrogen-bond acceptors (Lipinski definition) is 3. The lowest BCUT2D eigenvalue weighted by molar-refractivity contribution is 0.00671. The van der Waals surface area contributed by atoms with E-state index in [4.69, 9.17) is 4.74 Å². The number of nitrogens with zero attached hydrogens (tertiary/aromatic N) is 2. The standard InChI is InChI=1S/C20H17BrN2O2/c1-13(24)20(25-15-6-3-2-4-7-15)23-17-10-9-14(21)12-16(17)19-18(23)8-5-11-22-19/h2-13,20,24H,1H3. The molecule has 126 valence electrons. The fourth-order valence-electron chi connectivity index (χ4n) is 3.12. The topological polar surface area (TPSA) is 47.3 Å². The van der Waals surface area contributed by atoms with Gasteiger partial charge in [-0.1, -0.05) is 34.1 Å². The zero-order valence-electron chi connectivity index (χ0n) is 13.6. The van der Waals surface area contributed by atoms with Crippen LogP contribution in [0.15, 0.2) is 71.3 Å². The quantitative estimate of drug-likeness (QED) is 0.532. The third-order valence-electron chi connectivity index (χ3n) is 4.19. The molecule has 2 unspecified atom stereocenters. The number of halogens is 1. The summed E-state index contributed by atoms with van der Waals surface area (Å²) in [4.78, 5) is 4.54. The van der Waals surface area contributed by atoms with Crippen molar-refractivity contribution in [3.05, 3.63) is 71.3 Å². The molecule has 5 heteroatoms. The molecule has 2 aromatic carbocycles. The molecule has 4 rings (SSSR count). The molecule has 1 N–H and O–H groups in total. The van der Waals surface area contributed by atoms with Crippen molar-refractivity contribution in [1.82, 2.24) is 9.55 Å². The van der Waals surface area contributed by atoms with Gasteiger partial charge in [0, 0.05) is 16.1 Å². The van der Waals surface area contributed by atoms with Crippen molar-refractivity contribution in [2.45, 2.75) is 19.3 Å². The first-order valence-electron chi connectivity index (χ1n) is 8.09. The van der Waals surface area contributed by atoms with E-state index in [-0.39, 0.29) is 0 Å². The fourth-order valence-corrected chi connectivity index (χ4v) is 3.48. The van der Waals surface area contributed by atoms with Crippen molar-refractivity contribution in [3.63, 3.8) is 0 Å². The predicted octanol–water partition coefficient (Wildman–Crippen LogP) is 4.91. The Labute approximate surface area is 153 Å². The Morgan fingerprint density at radius 1 is 1.04 bits per heavy atom. The number of ether oxygens (including phenoxy) is 1. The van der Waals surface area contributed by atoms with E-state index in [2.05, 4.69) is 20.9 Å². The molecule has 2 atom stereocenters.